The van der Waals surface area contributed by atoms with E-state index in [-0.39, 0.29) is 17.8 Å². The molecular weight excluding hydrogens is 424 g/mol. The number of nitrogens with one attached hydrogen (secondary N) is 1. The average molecular weight is 455 g/mol. The molecule has 1 aromatic carbocycles. The number of phenols is 1. The number of aromatic hydroxyl groups is 1. The zero-order valence-corrected chi connectivity index (χ0v) is 18.8. The smallest absolute Gasteiger partial charge is 0.330 e. The van der Waals surface area contributed by atoms with E-state index in [1.54, 1.807) is 6.07 Å². The molecule has 8 heteroatoms. The fraction of sp³-hybridized carbons (Fsp3) is 0.600. The Kier molecular flexibility index (Phi) is 4.58. The summed E-state index contributed by atoms with van der Waals surface area (Å²) in [6.07, 6.45) is 6.84. The molecule has 176 valence electrons. The lowest BCUT2D eigenvalue weighted by Crippen LogP contribution is -2.78. The molecule has 1 spiro atoms. The Morgan fingerprint density at radius 3 is 2.85 bits per heavy atom. The van der Waals surface area contributed by atoms with E-state index in [9.17, 15) is 19.8 Å². The Labute approximate surface area is 192 Å². The van der Waals surface area contributed by atoms with Crippen LogP contribution >= 0.6 is 0 Å². The van der Waals surface area contributed by atoms with Gasteiger partial charge in [-0.3, -0.25) is 9.69 Å². The standard InChI is InChI=1S/C25H30N2O6/c1-32-20(30)7-6-19(29)26-16-8-9-25(31)18-12-15-4-5-17(28)22-21(15)24(25,23(16)33-22)10-11-27(18)13-14-2-3-14/h4-7,14,16,18,23,28,31H,2-3,8-13H2,1H3,(H,26,29)/t16-,18?,23?,24+,25-/m1/s1. The van der Waals surface area contributed by atoms with Gasteiger partial charge in [-0.15, -0.1) is 0 Å². The molecule has 2 unspecified atom stereocenters. The number of carbonyl (C=O) groups is 2. The first-order valence-electron chi connectivity index (χ1n) is 11.9. The normalized spacial score (nSPS) is 36.2. The Bertz CT molecular complexity index is 1050. The van der Waals surface area contributed by atoms with Crippen molar-refractivity contribution in [2.45, 2.75) is 67.7 Å². The third kappa shape index (κ3) is 2.89. The minimum absolute atomic E-state index is 0.00295. The number of esters is 1. The van der Waals surface area contributed by atoms with Gasteiger partial charge in [0.1, 0.15) is 6.10 Å². The number of likely N-dealkylation sites (tertiary alicyclic amines) is 1. The third-order valence-corrected chi connectivity index (χ3v) is 8.66. The summed E-state index contributed by atoms with van der Waals surface area (Å²) < 4.78 is 11.0. The van der Waals surface area contributed by atoms with Crippen molar-refractivity contribution < 1.29 is 29.3 Å². The van der Waals surface area contributed by atoms with Gasteiger partial charge in [-0.1, -0.05) is 6.07 Å². The Balaban J connectivity index is 1.38. The highest BCUT2D eigenvalue weighted by molar-refractivity contribution is 5.94. The van der Waals surface area contributed by atoms with Crippen molar-refractivity contribution in [1.82, 2.24) is 10.2 Å². The summed E-state index contributed by atoms with van der Waals surface area (Å²) >= 11 is 0. The number of methoxy groups -OCH3 is 1. The van der Waals surface area contributed by atoms with Gasteiger partial charge in [0.2, 0.25) is 5.91 Å². The van der Waals surface area contributed by atoms with Gasteiger partial charge in [-0.05, 0) is 62.6 Å². The van der Waals surface area contributed by atoms with E-state index in [2.05, 4.69) is 15.0 Å². The van der Waals surface area contributed by atoms with Gasteiger partial charge < -0.3 is 25.0 Å². The molecule has 2 heterocycles. The number of phenolic OH excluding ortho intramolecular Hbond substituents is 1. The minimum atomic E-state index is -0.986. The number of amides is 1. The molecule has 5 atom stereocenters. The van der Waals surface area contributed by atoms with Gasteiger partial charge >= 0.3 is 5.97 Å². The molecule has 0 aromatic heterocycles. The maximum atomic E-state index is 12.6. The second-order valence-corrected chi connectivity index (χ2v) is 10.3. The predicted molar refractivity (Wildman–Crippen MR) is 118 cm³/mol. The van der Waals surface area contributed by atoms with Crippen LogP contribution in [0.5, 0.6) is 11.5 Å². The number of aliphatic hydroxyl groups is 1. The molecule has 0 radical (unpaired) electrons. The lowest BCUT2D eigenvalue weighted by Gasteiger charge is -2.64. The number of rotatable bonds is 5. The van der Waals surface area contributed by atoms with Crippen LogP contribution in [0.2, 0.25) is 0 Å². The summed E-state index contributed by atoms with van der Waals surface area (Å²) in [5, 5.41) is 26.0. The van der Waals surface area contributed by atoms with E-state index < -0.39 is 29.0 Å². The van der Waals surface area contributed by atoms with Crippen molar-refractivity contribution in [3.8, 4) is 11.5 Å². The number of ether oxygens (including phenoxy) is 2. The van der Waals surface area contributed by atoms with Crippen LogP contribution in [-0.4, -0.2) is 71.0 Å². The van der Waals surface area contributed by atoms with E-state index in [1.165, 1.54) is 20.0 Å². The SMILES string of the molecule is COC(=O)C=CC(=O)N[C@@H]1CC[C@@]2(O)C3Cc4ccc(O)c5c4[C@@]2(CCN3CC2CC2)C1O5. The van der Waals surface area contributed by atoms with Crippen molar-refractivity contribution in [2.24, 2.45) is 5.92 Å². The summed E-state index contributed by atoms with van der Waals surface area (Å²) in [5.74, 6) is 0.256. The lowest BCUT2D eigenvalue weighted by atomic mass is 9.48. The van der Waals surface area contributed by atoms with Crippen LogP contribution in [0.1, 0.15) is 43.2 Å². The summed E-state index contributed by atoms with van der Waals surface area (Å²) in [5.41, 5.74) is 0.390. The van der Waals surface area contributed by atoms with E-state index in [0.29, 0.717) is 25.0 Å². The quantitative estimate of drug-likeness (QED) is 0.453. The summed E-state index contributed by atoms with van der Waals surface area (Å²) in [7, 11) is 1.26. The van der Waals surface area contributed by atoms with Crippen molar-refractivity contribution in [2.75, 3.05) is 20.2 Å². The van der Waals surface area contributed by atoms with Gasteiger partial charge in [-0.25, -0.2) is 4.79 Å². The minimum Gasteiger partial charge on any atom is -0.504 e. The van der Waals surface area contributed by atoms with Gasteiger partial charge in [0, 0.05) is 30.3 Å². The molecule has 33 heavy (non-hydrogen) atoms. The number of carbonyl (C=O) groups excluding carboxylic acids is 2. The monoisotopic (exact) mass is 454 g/mol. The average Bonchev–Trinajstić information content (AvgIpc) is 3.54. The molecule has 3 fully saturated rings. The van der Waals surface area contributed by atoms with Crippen LogP contribution in [-0.2, 0) is 26.2 Å². The van der Waals surface area contributed by atoms with Crippen LogP contribution in [0.4, 0.5) is 0 Å². The molecule has 6 rings (SSSR count). The highest BCUT2D eigenvalue weighted by atomic mass is 16.5. The molecular formula is C25H30N2O6. The van der Waals surface area contributed by atoms with Gasteiger partial charge in [0.05, 0.1) is 24.2 Å². The number of piperidine rings is 1. The molecule has 1 saturated heterocycles. The van der Waals surface area contributed by atoms with Crippen LogP contribution in [0.15, 0.2) is 24.3 Å². The highest BCUT2D eigenvalue weighted by Gasteiger charge is 2.73. The summed E-state index contributed by atoms with van der Waals surface area (Å²) in [6, 6.07) is 3.29. The van der Waals surface area contributed by atoms with E-state index in [0.717, 1.165) is 48.7 Å². The van der Waals surface area contributed by atoms with E-state index in [4.69, 9.17) is 4.74 Å². The first-order valence-corrected chi connectivity index (χ1v) is 11.9. The lowest BCUT2D eigenvalue weighted by molar-refractivity contribution is -0.192. The number of hydrogen-bond acceptors (Lipinski definition) is 7. The maximum Gasteiger partial charge on any atom is 0.330 e. The molecule has 3 aliphatic carbocycles. The predicted octanol–water partition coefficient (Wildman–Crippen LogP) is 1.17. The van der Waals surface area contributed by atoms with Crippen molar-refractivity contribution >= 4 is 11.9 Å². The van der Waals surface area contributed by atoms with Crippen LogP contribution < -0.4 is 10.1 Å². The first-order chi connectivity index (χ1) is 15.9. The second kappa shape index (κ2) is 7.21. The number of nitrogens with zero attached hydrogens (tertiary/aromatic N) is 1. The van der Waals surface area contributed by atoms with Crippen LogP contribution in [0.3, 0.4) is 0 Å². The fourth-order valence-electron chi connectivity index (χ4n) is 7.07. The fourth-order valence-corrected chi connectivity index (χ4v) is 7.07. The Morgan fingerprint density at radius 2 is 2.09 bits per heavy atom. The summed E-state index contributed by atoms with van der Waals surface area (Å²) in [4.78, 5) is 26.4. The Morgan fingerprint density at radius 1 is 1.27 bits per heavy atom. The van der Waals surface area contributed by atoms with Crippen LogP contribution in [0.25, 0.3) is 0 Å². The van der Waals surface area contributed by atoms with Crippen LogP contribution in [0, 0.1) is 5.92 Å². The van der Waals surface area contributed by atoms with Crippen molar-refractivity contribution in [3.05, 3.63) is 35.4 Å². The molecule has 1 amide bonds. The second-order valence-electron chi connectivity index (χ2n) is 10.3. The molecule has 2 aliphatic heterocycles. The first kappa shape index (κ1) is 21.0. The summed E-state index contributed by atoms with van der Waals surface area (Å²) in [6.45, 7) is 1.88. The highest BCUT2D eigenvalue weighted by Crippen LogP contribution is 2.65. The molecule has 2 bridgehead atoms. The van der Waals surface area contributed by atoms with E-state index in [1.807, 2.05) is 6.07 Å². The third-order valence-electron chi connectivity index (χ3n) is 8.66. The van der Waals surface area contributed by atoms with Gasteiger partial charge in [0.25, 0.3) is 0 Å². The molecule has 2 saturated carbocycles. The zero-order valence-electron chi connectivity index (χ0n) is 18.8. The molecule has 5 aliphatic rings. The number of hydrogen-bond donors (Lipinski definition) is 3. The van der Waals surface area contributed by atoms with Gasteiger partial charge in [0.15, 0.2) is 11.5 Å². The number of benzene rings is 1. The zero-order chi connectivity index (χ0) is 23.0. The Hall–Kier alpha value is -2.58. The molecule has 8 nitrogen and oxygen atoms in total. The molecule has 3 N–H and O–H groups in total. The van der Waals surface area contributed by atoms with E-state index >= 15 is 0 Å². The van der Waals surface area contributed by atoms with Crippen molar-refractivity contribution in [3.63, 3.8) is 0 Å². The topological polar surface area (TPSA) is 108 Å². The largest absolute Gasteiger partial charge is 0.504 e. The maximum absolute atomic E-state index is 12.6. The van der Waals surface area contributed by atoms with Crippen molar-refractivity contribution in [1.29, 1.82) is 0 Å². The van der Waals surface area contributed by atoms with Gasteiger partial charge in [-0.2, -0.15) is 0 Å². The molecule has 1 aromatic rings.